The number of pyridine rings is 1. The second-order valence-corrected chi connectivity index (χ2v) is 7.66. The molecule has 0 fully saturated rings. The van der Waals surface area contributed by atoms with Gasteiger partial charge < -0.3 is 29.6 Å². The highest BCUT2D eigenvalue weighted by Gasteiger charge is 2.15. The highest BCUT2D eigenvalue weighted by Crippen LogP contribution is 2.40. The molecule has 1 amide bonds. The average molecular weight is 507 g/mol. The zero-order valence-electron chi connectivity index (χ0n) is 20.8. The highest BCUT2D eigenvalue weighted by molar-refractivity contribution is 5.92. The molecule has 0 aliphatic heterocycles. The maximum atomic E-state index is 12.5. The summed E-state index contributed by atoms with van der Waals surface area (Å²) in [5.74, 6) is 1.46. The molecule has 2 N–H and O–H groups in total. The molecule has 0 saturated carbocycles. The summed E-state index contributed by atoms with van der Waals surface area (Å²) in [7, 11) is 5.91. The van der Waals surface area contributed by atoms with Crippen LogP contribution in [0.5, 0.6) is 17.2 Å². The fourth-order valence-corrected chi connectivity index (χ4v) is 3.60. The summed E-state index contributed by atoms with van der Waals surface area (Å²) in [4.78, 5) is 37.3. The molecule has 0 aliphatic rings. The number of nitrogens with zero attached hydrogens (tertiary/aromatic N) is 4. The van der Waals surface area contributed by atoms with Crippen molar-refractivity contribution in [3.8, 4) is 23.1 Å². The number of benzene rings is 1. The third-order valence-corrected chi connectivity index (χ3v) is 5.40. The molecule has 4 aromatic rings. The number of hydrogen-bond acceptors (Lipinski definition) is 10. The summed E-state index contributed by atoms with van der Waals surface area (Å²) in [6.07, 6.45) is 3.55. The lowest BCUT2D eigenvalue weighted by Crippen LogP contribution is -2.27. The maximum Gasteiger partial charge on any atom is 0.307 e. The second-order valence-electron chi connectivity index (χ2n) is 7.66. The van der Waals surface area contributed by atoms with Gasteiger partial charge in [-0.3, -0.25) is 14.2 Å². The number of methoxy groups -OCH3 is 4. The van der Waals surface area contributed by atoms with E-state index < -0.39 is 11.9 Å². The third-order valence-electron chi connectivity index (χ3n) is 5.40. The van der Waals surface area contributed by atoms with Crippen LogP contribution in [0.2, 0.25) is 0 Å². The number of esters is 1. The first kappa shape index (κ1) is 25.2. The summed E-state index contributed by atoms with van der Waals surface area (Å²) in [6, 6.07) is 10.4. The van der Waals surface area contributed by atoms with E-state index in [0.29, 0.717) is 40.3 Å². The van der Waals surface area contributed by atoms with Gasteiger partial charge in [0.2, 0.25) is 11.7 Å². The minimum atomic E-state index is -0.406. The predicted octanol–water partition coefficient (Wildman–Crippen LogP) is 2.88. The average Bonchev–Trinajstić information content (AvgIpc) is 3.35. The number of amides is 1. The van der Waals surface area contributed by atoms with E-state index in [-0.39, 0.29) is 18.7 Å². The van der Waals surface area contributed by atoms with Crippen molar-refractivity contribution in [2.24, 2.45) is 0 Å². The molecule has 192 valence electrons. The second kappa shape index (κ2) is 11.2. The summed E-state index contributed by atoms with van der Waals surface area (Å²) in [5.41, 5.74) is 1.42. The summed E-state index contributed by atoms with van der Waals surface area (Å²) < 4.78 is 22.5. The van der Waals surface area contributed by atoms with Crippen LogP contribution in [0.1, 0.15) is 16.9 Å². The molecule has 3 aromatic heterocycles. The van der Waals surface area contributed by atoms with Crippen LogP contribution in [-0.4, -0.2) is 66.4 Å². The lowest BCUT2D eigenvalue weighted by atomic mass is 10.2. The van der Waals surface area contributed by atoms with E-state index in [1.165, 1.54) is 28.4 Å². The van der Waals surface area contributed by atoms with Gasteiger partial charge in [0.05, 0.1) is 34.9 Å². The molecule has 0 radical (unpaired) electrons. The first-order valence-electron chi connectivity index (χ1n) is 11.2. The van der Waals surface area contributed by atoms with Crippen molar-refractivity contribution in [3.05, 3.63) is 54.5 Å². The first-order valence-corrected chi connectivity index (χ1v) is 11.2. The van der Waals surface area contributed by atoms with E-state index in [4.69, 9.17) is 14.2 Å². The van der Waals surface area contributed by atoms with Crippen LogP contribution >= 0.6 is 0 Å². The van der Waals surface area contributed by atoms with Crippen molar-refractivity contribution in [2.45, 2.75) is 6.42 Å². The van der Waals surface area contributed by atoms with Crippen LogP contribution in [0.15, 0.2) is 48.8 Å². The number of anilines is 2. The standard InChI is InChI=1S/C25H26N6O6/c1-34-18-12-16(13-19(35-2)22(18)37-4)28-25-27-14-15-9-11-31(23(15)30-25)20-7-5-6-17(29-20)24(33)26-10-8-21(32)36-3/h5-7,9,11-14H,8,10H2,1-4H3,(H,26,33)(H,27,28,30). The number of fused-ring (bicyclic) bond motifs is 1. The molecule has 12 heteroatoms. The van der Waals surface area contributed by atoms with Gasteiger partial charge >= 0.3 is 5.97 Å². The Morgan fingerprint density at radius 1 is 0.973 bits per heavy atom. The normalized spacial score (nSPS) is 10.6. The van der Waals surface area contributed by atoms with Crippen molar-refractivity contribution in [3.63, 3.8) is 0 Å². The number of nitrogens with one attached hydrogen (secondary N) is 2. The Labute approximate surface area is 212 Å². The van der Waals surface area contributed by atoms with Crippen molar-refractivity contribution in [2.75, 3.05) is 40.3 Å². The Kier molecular flexibility index (Phi) is 7.67. The van der Waals surface area contributed by atoms with Crippen LogP contribution in [0.3, 0.4) is 0 Å². The Bertz CT molecular complexity index is 1410. The molecule has 37 heavy (non-hydrogen) atoms. The van der Waals surface area contributed by atoms with E-state index in [0.717, 1.165) is 5.39 Å². The number of carbonyl (C=O) groups is 2. The number of hydrogen-bond donors (Lipinski definition) is 2. The van der Waals surface area contributed by atoms with E-state index in [9.17, 15) is 9.59 Å². The Morgan fingerprint density at radius 3 is 2.41 bits per heavy atom. The lowest BCUT2D eigenvalue weighted by Gasteiger charge is -2.14. The van der Waals surface area contributed by atoms with E-state index >= 15 is 0 Å². The summed E-state index contributed by atoms with van der Waals surface area (Å²) in [5, 5.41) is 6.60. The van der Waals surface area contributed by atoms with Gasteiger partial charge in [-0.1, -0.05) is 6.07 Å². The van der Waals surface area contributed by atoms with Crippen LogP contribution in [0.4, 0.5) is 11.6 Å². The fraction of sp³-hybridized carbons (Fsp3) is 0.240. The third kappa shape index (κ3) is 5.53. The fourth-order valence-electron chi connectivity index (χ4n) is 3.60. The minimum Gasteiger partial charge on any atom is -0.493 e. The van der Waals surface area contributed by atoms with Gasteiger partial charge in [0.25, 0.3) is 5.91 Å². The summed E-state index contributed by atoms with van der Waals surface area (Å²) in [6.45, 7) is 0.146. The number of ether oxygens (including phenoxy) is 4. The van der Waals surface area contributed by atoms with Gasteiger partial charge in [-0.05, 0) is 18.2 Å². The Balaban J connectivity index is 1.60. The molecule has 12 nitrogen and oxygen atoms in total. The molecule has 0 atom stereocenters. The number of aromatic nitrogens is 4. The van der Waals surface area contributed by atoms with Crippen LogP contribution in [0.25, 0.3) is 16.9 Å². The van der Waals surface area contributed by atoms with Crippen molar-refractivity contribution < 1.29 is 28.5 Å². The number of rotatable bonds is 10. The smallest absolute Gasteiger partial charge is 0.307 e. The topological polar surface area (TPSA) is 139 Å². The SMILES string of the molecule is COC(=O)CCNC(=O)c1cccc(-n2ccc3cnc(Nc4cc(OC)c(OC)c(OC)c4)nc32)n1. The molecule has 0 bridgehead atoms. The first-order chi connectivity index (χ1) is 18.0. The predicted molar refractivity (Wildman–Crippen MR) is 135 cm³/mol. The minimum absolute atomic E-state index is 0.0722. The summed E-state index contributed by atoms with van der Waals surface area (Å²) >= 11 is 0. The monoisotopic (exact) mass is 506 g/mol. The zero-order valence-corrected chi connectivity index (χ0v) is 20.8. The van der Waals surface area contributed by atoms with Gasteiger partial charge in [-0.2, -0.15) is 4.98 Å². The molecule has 0 saturated heterocycles. The largest absolute Gasteiger partial charge is 0.493 e. The molecule has 3 heterocycles. The van der Waals surface area contributed by atoms with E-state index in [1.807, 2.05) is 6.07 Å². The molecule has 0 aliphatic carbocycles. The molecule has 1 aromatic carbocycles. The quantitative estimate of drug-likeness (QED) is 0.309. The lowest BCUT2D eigenvalue weighted by molar-refractivity contribution is -0.140. The number of carbonyl (C=O) groups excluding carboxylic acids is 2. The highest BCUT2D eigenvalue weighted by atomic mass is 16.5. The molecular weight excluding hydrogens is 480 g/mol. The molecular formula is C25H26N6O6. The zero-order chi connectivity index (χ0) is 26.4. The Hall–Kier alpha value is -4.87. The van der Waals surface area contributed by atoms with Gasteiger partial charge in [0, 0.05) is 42.1 Å². The van der Waals surface area contributed by atoms with Gasteiger partial charge in [-0.25, -0.2) is 9.97 Å². The van der Waals surface area contributed by atoms with Crippen molar-refractivity contribution in [1.82, 2.24) is 24.8 Å². The van der Waals surface area contributed by atoms with Gasteiger partial charge in [0.1, 0.15) is 11.5 Å². The van der Waals surface area contributed by atoms with E-state index in [2.05, 4.69) is 30.3 Å². The van der Waals surface area contributed by atoms with Gasteiger partial charge in [-0.15, -0.1) is 0 Å². The van der Waals surface area contributed by atoms with E-state index in [1.54, 1.807) is 47.3 Å². The van der Waals surface area contributed by atoms with Crippen molar-refractivity contribution >= 4 is 34.5 Å². The van der Waals surface area contributed by atoms with Gasteiger partial charge in [0.15, 0.2) is 17.1 Å². The molecule has 0 unspecified atom stereocenters. The van der Waals surface area contributed by atoms with Crippen molar-refractivity contribution in [1.29, 1.82) is 0 Å². The maximum absolute atomic E-state index is 12.5. The van der Waals surface area contributed by atoms with Crippen LogP contribution < -0.4 is 24.8 Å². The van der Waals surface area contributed by atoms with Crippen LogP contribution in [0, 0.1) is 0 Å². The molecule has 4 rings (SSSR count). The Morgan fingerprint density at radius 2 is 1.73 bits per heavy atom. The molecule has 0 spiro atoms. The van der Waals surface area contributed by atoms with Crippen LogP contribution in [-0.2, 0) is 9.53 Å².